The highest BCUT2D eigenvalue weighted by Crippen LogP contribution is 2.32. The van der Waals surface area contributed by atoms with Crippen molar-refractivity contribution in [2.45, 2.75) is 6.54 Å². The molecule has 0 aromatic heterocycles. The van der Waals surface area contributed by atoms with E-state index >= 15 is 0 Å². The summed E-state index contributed by atoms with van der Waals surface area (Å²) < 4.78 is 10.6. The van der Waals surface area contributed by atoms with Crippen LogP contribution in [0.4, 0.5) is 0 Å². The number of hydrogen-bond donors (Lipinski definition) is 0. The molecule has 1 aliphatic rings. The Morgan fingerprint density at radius 2 is 2.00 bits per heavy atom. The first kappa shape index (κ1) is 15.4. The van der Waals surface area contributed by atoms with E-state index in [0.29, 0.717) is 17.3 Å². The van der Waals surface area contributed by atoms with Crippen LogP contribution in [0.1, 0.15) is 11.1 Å². The van der Waals surface area contributed by atoms with Gasteiger partial charge in [0.05, 0.1) is 0 Å². The van der Waals surface area contributed by atoms with Gasteiger partial charge < -0.3 is 14.4 Å². The second-order valence-corrected chi connectivity index (χ2v) is 5.64. The van der Waals surface area contributed by atoms with Crippen LogP contribution in [0, 0.1) is 0 Å². The van der Waals surface area contributed by atoms with Gasteiger partial charge in [-0.05, 0) is 35.4 Å². The van der Waals surface area contributed by atoms with E-state index < -0.39 is 0 Å². The van der Waals surface area contributed by atoms with Crippen LogP contribution >= 0.6 is 11.6 Å². The number of hydrogen-bond acceptors (Lipinski definition) is 3. The van der Waals surface area contributed by atoms with E-state index in [1.807, 2.05) is 42.5 Å². The SMILES string of the molecule is CN(Cc1ccccc1Cl)C(=O)/C=C/c1ccc2c(c1)OCO2. The minimum atomic E-state index is -0.0948. The van der Waals surface area contributed by atoms with Crippen LogP contribution in [0.15, 0.2) is 48.5 Å². The predicted molar refractivity (Wildman–Crippen MR) is 89.5 cm³/mol. The van der Waals surface area contributed by atoms with Crippen molar-refractivity contribution in [2.24, 2.45) is 0 Å². The molecule has 0 spiro atoms. The number of halogens is 1. The molecule has 3 rings (SSSR count). The minimum Gasteiger partial charge on any atom is -0.454 e. The molecule has 118 valence electrons. The van der Waals surface area contributed by atoms with Gasteiger partial charge in [-0.2, -0.15) is 0 Å². The first-order valence-corrected chi connectivity index (χ1v) is 7.57. The molecular formula is C18H16ClNO3. The third kappa shape index (κ3) is 3.66. The number of rotatable bonds is 4. The Hall–Kier alpha value is -2.46. The Morgan fingerprint density at radius 3 is 2.83 bits per heavy atom. The van der Waals surface area contributed by atoms with Crippen molar-refractivity contribution in [3.63, 3.8) is 0 Å². The molecule has 2 aromatic rings. The summed E-state index contributed by atoms with van der Waals surface area (Å²) in [4.78, 5) is 13.8. The number of carbonyl (C=O) groups excluding carboxylic acids is 1. The van der Waals surface area contributed by atoms with Gasteiger partial charge in [-0.25, -0.2) is 0 Å². The topological polar surface area (TPSA) is 38.8 Å². The lowest BCUT2D eigenvalue weighted by molar-refractivity contribution is -0.125. The average molecular weight is 330 g/mol. The Balaban J connectivity index is 1.65. The van der Waals surface area contributed by atoms with E-state index in [1.54, 1.807) is 18.0 Å². The molecular weight excluding hydrogens is 314 g/mol. The van der Waals surface area contributed by atoms with Crippen molar-refractivity contribution < 1.29 is 14.3 Å². The number of nitrogens with zero attached hydrogens (tertiary/aromatic N) is 1. The summed E-state index contributed by atoms with van der Waals surface area (Å²) in [7, 11) is 1.75. The molecule has 5 heteroatoms. The molecule has 1 aliphatic heterocycles. The number of benzene rings is 2. The maximum absolute atomic E-state index is 12.2. The largest absolute Gasteiger partial charge is 0.454 e. The summed E-state index contributed by atoms with van der Waals surface area (Å²) in [5.74, 6) is 1.33. The molecule has 0 atom stereocenters. The summed E-state index contributed by atoms with van der Waals surface area (Å²) in [6.45, 7) is 0.700. The average Bonchev–Trinajstić information content (AvgIpc) is 3.02. The van der Waals surface area contributed by atoms with Crippen molar-refractivity contribution in [2.75, 3.05) is 13.8 Å². The zero-order valence-corrected chi connectivity index (χ0v) is 13.4. The van der Waals surface area contributed by atoms with Crippen molar-refractivity contribution in [3.8, 4) is 11.5 Å². The highest BCUT2D eigenvalue weighted by molar-refractivity contribution is 6.31. The van der Waals surface area contributed by atoms with Crippen molar-refractivity contribution in [3.05, 3.63) is 64.7 Å². The van der Waals surface area contributed by atoms with Crippen LogP contribution in [0.2, 0.25) is 5.02 Å². The Bertz CT molecular complexity index is 758. The quantitative estimate of drug-likeness (QED) is 0.802. The third-order valence-electron chi connectivity index (χ3n) is 3.56. The van der Waals surface area contributed by atoms with Gasteiger partial charge in [0.15, 0.2) is 11.5 Å². The standard InChI is InChI=1S/C18H16ClNO3/c1-20(11-14-4-2-3-5-15(14)19)18(21)9-7-13-6-8-16-17(10-13)23-12-22-16/h2-10H,11-12H2,1H3/b9-7+. The molecule has 23 heavy (non-hydrogen) atoms. The molecule has 0 aliphatic carbocycles. The predicted octanol–water partition coefficient (Wildman–Crippen LogP) is 3.74. The Morgan fingerprint density at radius 1 is 1.22 bits per heavy atom. The van der Waals surface area contributed by atoms with Gasteiger partial charge in [-0.1, -0.05) is 35.9 Å². The lowest BCUT2D eigenvalue weighted by Gasteiger charge is -2.16. The summed E-state index contributed by atoms with van der Waals surface area (Å²) in [6.07, 6.45) is 3.29. The van der Waals surface area contributed by atoms with Crippen LogP contribution in [0.3, 0.4) is 0 Å². The minimum absolute atomic E-state index is 0.0948. The fourth-order valence-corrected chi connectivity index (χ4v) is 2.47. The first-order chi connectivity index (χ1) is 11.1. The van der Waals surface area contributed by atoms with E-state index in [0.717, 1.165) is 16.9 Å². The number of carbonyl (C=O) groups is 1. The molecule has 0 saturated heterocycles. The summed E-state index contributed by atoms with van der Waals surface area (Å²) in [5.41, 5.74) is 1.80. The van der Waals surface area contributed by atoms with Gasteiger partial charge >= 0.3 is 0 Å². The molecule has 1 amide bonds. The molecule has 0 fully saturated rings. The first-order valence-electron chi connectivity index (χ1n) is 7.20. The van der Waals surface area contributed by atoms with Gasteiger partial charge in [-0.3, -0.25) is 4.79 Å². The zero-order valence-electron chi connectivity index (χ0n) is 12.7. The molecule has 0 unspecified atom stereocenters. The lowest BCUT2D eigenvalue weighted by atomic mass is 10.2. The Labute approximate surface area is 139 Å². The molecule has 2 aromatic carbocycles. The molecule has 0 bridgehead atoms. The van der Waals surface area contributed by atoms with E-state index in [4.69, 9.17) is 21.1 Å². The normalized spacial score (nSPS) is 12.6. The smallest absolute Gasteiger partial charge is 0.246 e. The molecule has 0 N–H and O–H groups in total. The van der Waals surface area contributed by atoms with Crippen LogP contribution in [0.25, 0.3) is 6.08 Å². The monoisotopic (exact) mass is 329 g/mol. The van der Waals surface area contributed by atoms with Gasteiger partial charge in [0.25, 0.3) is 0 Å². The second kappa shape index (κ2) is 6.75. The third-order valence-corrected chi connectivity index (χ3v) is 3.93. The fourth-order valence-electron chi connectivity index (χ4n) is 2.27. The van der Waals surface area contributed by atoms with E-state index in [1.165, 1.54) is 6.08 Å². The highest BCUT2D eigenvalue weighted by Gasteiger charge is 2.13. The summed E-state index contributed by atoms with van der Waals surface area (Å²) in [5, 5.41) is 0.659. The zero-order chi connectivity index (χ0) is 16.2. The molecule has 4 nitrogen and oxygen atoms in total. The van der Waals surface area contributed by atoms with E-state index in [2.05, 4.69) is 0 Å². The van der Waals surface area contributed by atoms with Crippen molar-refractivity contribution in [1.29, 1.82) is 0 Å². The van der Waals surface area contributed by atoms with Gasteiger partial charge in [-0.15, -0.1) is 0 Å². The maximum atomic E-state index is 12.2. The summed E-state index contributed by atoms with van der Waals surface area (Å²) in [6, 6.07) is 13.1. The van der Waals surface area contributed by atoms with Crippen LogP contribution < -0.4 is 9.47 Å². The van der Waals surface area contributed by atoms with Gasteiger partial charge in [0.2, 0.25) is 12.7 Å². The molecule has 0 saturated carbocycles. The van der Waals surface area contributed by atoms with Crippen LogP contribution in [-0.2, 0) is 11.3 Å². The van der Waals surface area contributed by atoms with E-state index in [9.17, 15) is 4.79 Å². The summed E-state index contributed by atoms with van der Waals surface area (Å²) >= 11 is 6.12. The van der Waals surface area contributed by atoms with Crippen molar-refractivity contribution in [1.82, 2.24) is 4.90 Å². The second-order valence-electron chi connectivity index (χ2n) is 5.23. The fraction of sp³-hybridized carbons (Fsp3) is 0.167. The molecule has 0 radical (unpaired) electrons. The maximum Gasteiger partial charge on any atom is 0.246 e. The molecule has 1 heterocycles. The van der Waals surface area contributed by atoms with Gasteiger partial charge in [0.1, 0.15) is 0 Å². The van der Waals surface area contributed by atoms with Crippen LogP contribution in [0.5, 0.6) is 11.5 Å². The van der Waals surface area contributed by atoms with Crippen LogP contribution in [-0.4, -0.2) is 24.6 Å². The highest BCUT2D eigenvalue weighted by atomic mass is 35.5. The number of ether oxygens (including phenoxy) is 2. The number of amides is 1. The number of fused-ring (bicyclic) bond motifs is 1. The van der Waals surface area contributed by atoms with Crippen molar-refractivity contribution >= 4 is 23.6 Å². The van der Waals surface area contributed by atoms with Gasteiger partial charge in [0, 0.05) is 24.7 Å². The number of likely N-dealkylation sites (N-methyl/N-ethyl adjacent to an activating group) is 1. The Kier molecular flexibility index (Phi) is 4.53. The lowest BCUT2D eigenvalue weighted by Crippen LogP contribution is -2.24. The van der Waals surface area contributed by atoms with E-state index in [-0.39, 0.29) is 12.7 Å².